The molecule has 0 amide bonds. The molecule has 100 valence electrons. The van der Waals surface area contributed by atoms with Gasteiger partial charge in [0.05, 0.1) is 18.5 Å². The highest BCUT2D eigenvalue weighted by Crippen LogP contribution is 2.31. The van der Waals surface area contributed by atoms with Gasteiger partial charge in [0.15, 0.2) is 0 Å². The second-order valence-electron chi connectivity index (χ2n) is 4.82. The van der Waals surface area contributed by atoms with Gasteiger partial charge in [-0.2, -0.15) is 11.8 Å². The van der Waals surface area contributed by atoms with Crippen molar-refractivity contribution in [2.75, 3.05) is 24.4 Å². The molecule has 1 fully saturated rings. The van der Waals surface area contributed by atoms with Gasteiger partial charge < -0.3 is 15.8 Å². The number of hydrogen-bond acceptors (Lipinski definition) is 4. The maximum Gasteiger partial charge on any atom is 0.121 e. The molecule has 3 nitrogen and oxygen atoms in total. The third kappa shape index (κ3) is 3.25. The molecule has 0 heterocycles. The second-order valence-corrected chi connectivity index (χ2v) is 5.96. The second kappa shape index (κ2) is 6.23. The van der Waals surface area contributed by atoms with E-state index < -0.39 is 0 Å². The first-order valence-electron chi connectivity index (χ1n) is 6.45. The number of ether oxygens (including phenoxy) is 1. The molecular formula is C14H22N2OS. The first-order valence-corrected chi connectivity index (χ1v) is 7.74. The summed E-state index contributed by atoms with van der Waals surface area (Å²) in [7, 11) is 1.68. The van der Waals surface area contributed by atoms with Crippen molar-refractivity contribution in [3.63, 3.8) is 0 Å². The van der Waals surface area contributed by atoms with Crippen molar-refractivity contribution in [3.05, 3.63) is 18.2 Å². The first-order chi connectivity index (χ1) is 8.72. The Labute approximate surface area is 113 Å². The lowest BCUT2D eigenvalue weighted by Crippen LogP contribution is -2.28. The quantitative estimate of drug-likeness (QED) is 0.820. The van der Waals surface area contributed by atoms with E-state index in [-0.39, 0.29) is 0 Å². The number of benzene rings is 1. The molecule has 0 bridgehead atoms. The van der Waals surface area contributed by atoms with Crippen LogP contribution in [0.25, 0.3) is 0 Å². The Hall–Kier alpha value is -1.03. The van der Waals surface area contributed by atoms with Gasteiger partial charge in [0, 0.05) is 17.4 Å². The Kier molecular flexibility index (Phi) is 4.64. The molecule has 3 N–H and O–H groups in total. The molecule has 0 spiro atoms. The molecule has 0 aromatic heterocycles. The summed E-state index contributed by atoms with van der Waals surface area (Å²) in [4.78, 5) is 0. The highest BCUT2D eigenvalue weighted by molar-refractivity contribution is 7.99. The number of hydrogen-bond donors (Lipinski definition) is 2. The van der Waals surface area contributed by atoms with Gasteiger partial charge in [-0.3, -0.25) is 0 Å². The number of anilines is 2. The van der Waals surface area contributed by atoms with E-state index in [0.29, 0.717) is 6.04 Å². The minimum atomic E-state index is 0.533. The van der Waals surface area contributed by atoms with Crippen LogP contribution in [0.3, 0.4) is 0 Å². The van der Waals surface area contributed by atoms with Gasteiger partial charge in [-0.1, -0.05) is 6.42 Å². The van der Waals surface area contributed by atoms with Crippen LogP contribution in [-0.2, 0) is 0 Å². The van der Waals surface area contributed by atoms with Gasteiger partial charge in [-0.25, -0.2) is 0 Å². The summed E-state index contributed by atoms with van der Waals surface area (Å²) in [6, 6.07) is 6.31. The Bertz CT molecular complexity index is 397. The summed E-state index contributed by atoms with van der Waals surface area (Å²) in [6.45, 7) is 0. The van der Waals surface area contributed by atoms with Gasteiger partial charge in [0.2, 0.25) is 0 Å². The maximum atomic E-state index is 6.01. The molecule has 1 saturated carbocycles. The normalized spacial score (nSPS) is 23.7. The fourth-order valence-corrected chi connectivity index (χ4v) is 3.32. The molecule has 2 unspecified atom stereocenters. The van der Waals surface area contributed by atoms with Crippen molar-refractivity contribution < 1.29 is 4.74 Å². The zero-order valence-electron chi connectivity index (χ0n) is 11.1. The van der Waals surface area contributed by atoms with Gasteiger partial charge in [0.25, 0.3) is 0 Å². The zero-order chi connectivity index (χ0) is 13.0. The summed E-state index contributed by atoms with van der Waals surface area (Å²) in [5, 5.41) is 4.35. The van der Waals surface area contributed by atoms with Crippen LogP contribution in [0.15, 0.2) is 18.2 Å². The van der Waals surface area contributed by atoms with Crippen molar-refractivity contribution in [3.8, 4) is 5.75 Å². The van der Waals surface area contributed by atoms with Crippen LogP contribution in [0.5, 0.6) is 5.75 Å². The van der Waals surface area contributed by atoms with Crippen LogP contribution in [0.2, 0.25) is 0 Å². The zero-order valence-corrected chi connectivity index (χ0v) is 11.9. The van der Waals surface area contributed by atoms with Crippen LogP contribution in [0, 0.1) is 0 Å². The van der Waals surface area contributed by atoms with Crippen molar-refractivity contribution >= 4 is 23.1 Å². The van der Waals surface area contributed by atoms with Crippen LogP contribution in [-0.4, -0.2) is 24.7 Å². The molecule has 0 radical (unpaired) electrons. The molecule has 0 aliphatic heterocycles. The average molecular weight is 266 g/mol. The number of nitrogens with two attached hydrogens (primary N) is 1. The number of rotatable bonds is 4. The van der Waals surface area contributed by atoms with E-state index in [9.17, 15) is 0 Å². The smallest absolute Gasteiger partial charge is 0.121 e. The highest BCUT2D eigenvalue weighted by Gasteiger charge is 2.21. The molecule has 1 aliphatic carbocycles. The molecule has 18 heavy (non-hydrogen) atoms. The van der Waals surface area contributed by atoms with Crippen LogP contribution >= 0.6 is 11.8 Å². The van der Waals surface area contributed by atoms with E-state index >= 15 is 0 Å². The highest BCUT2D eigenvalue weighted by atomic mass is 32.2. The molecule has 0 saturated heterocycles. The predicted octanol–water partition coefficient (Wildman–Crippen LogP) is 3.36. The number of methoxy groups -OCH3 is 1. The Balaban J connectivity index is 2.04. The van der Waals surface area contributed by atoms with E-state index in [0.717, 1.165) is 22.4 Å². The molecule has 4 heteroatoms. The Morgan fingerprint density at radius 2 is 2.22 bits per heavy atom. The largest absolute Gasteiger partial charge is 0.497 e. The SMILES string of the molecule is COc1ccc(N)c(NC2CCCC(SC)C2)c1. The molecular weight excluding hydrogens is 244 g/mol. The summed E-state index contributed by atoms with van der Waals surface area (Å²) in [5.41, 5.74) is 7.80. The Morgan fingerprint density at radius 3 is 2.94 bits per heavy atom. The lowest BCUT2D eigenvalue weighted by molar-refractivity contribution is 0.415. The van der Waals surface area contributed by atoms with Gasteiger partial charge in [-0.05, 0) is 37.7 Å². The van der Waals surface area contributed by atoms with Gasteiger partial charge in [0.1, 0.15) is 5.75 Å². The van der Waals surface area contributed by atoms with Crippen molar-refractivity contribution in [1.29, 1.82) is 0 Å². The molecule has 1 aliphatic rings. The lowest BCUT2D eigenvalue weighted by atomic mass is 9.94. The standard InChI is InChI=1S/C14H22N2OS/c1-17-11-6-7-13(15)14(9-11)16-10-4-3-5-12(8-10)18-2/h6-7,9-10,12,16H,3-5,8,15H2,1-2H3. The maximum absolute atomic E-state index is 6.01. The van der Waals surface area contributed by atoms with E-state index in [1.54, 1.807) is 7.11 Å². The van der Waals surface area contributed by atoms with E-state index in [4.69, 9.17) is 10.5 Å². The van der Waals surface area contributed by atoms with E-state index in [2.05, 4.69) is 11.6 Å². The van der Waals surface area contributed by atoms with Crippen molar-refractivity contribution in [2.45, 2.75) is 37.0 Å². The molecule has 1 aromatic rings. The third-order valence-corrected chi connectivity index (χ3v) is 4.67. The summed E-state index contributed by atoms with van der Waals surface area (Å²) in [6.07, 6.45) is 7.29. The topological polar surface area (TPSA) is 47.3 Å². The van der Waals surface area contributed by atoms with Crippen LogP contribution < -0.4 is 15.8 Å². The fraction of sp³-hybridized carbons (Fsp3) is 0.571. The predicted molar refractivity (Wildman–Crippen MR) is 80.6 cm³/mol. The minimum Gasteiger partial charge on any atom is -0.497 e. The third-order valence-electron chi connectivity index (χ3n) is 3.58. The van der Waals surface area contributed by atoms with Crippen molar-refractivity contribution in [2.24, 2.45) is 0 Å². The monoisotopic (exact) mass is 266 g/mol. The average Bonchev–Trinajstić information content (AvgIpc) is 2.41. The summed E-state index contributed by atoms with van der Waals surface area (Å²) < 4.78 is 5.24. The van der Waals surface area contributed by atoms with Crippen LogP contribution in [0.4, 0.5) is 11.4 Å². The minimum absolute atomic E-state index is 0.533. The Morgan fingerprint density at radius 1 is 1.39 bits per heavy atom. The molecule has 2 rings (SSSR count). The first kappa shape index (κ1) is 13.4. The van der Waals surface area contributed by atoms with Gasteiger partial charge in [-0.15, -0.1) is 0 Å². The summed E-state index contributed by atoms with van der Waals surface area (Å²) in [5.74, 6) is 0.851. The molecule has 2 atom stereocenters. The summed E-state index contributed by atoms with van der Waals surface area (Å²) >= 11 is 1.98. The number of thioether (sulfide) groups is 1. The lowest BCUT2D eigenvalue weighted by Gasteiger charge is -2.29. The van der Waals surface area contributed by atoms with Crippen molar-refractivity contribution in [1.82, 2.24) is 0 Å². The van der Waals surface area contributed by atoms with Crippen LogP contribution in [0.1, 0.15) is 25.7 Å². The number of nitrogens with one attached hydrogen (secondary N) is 1. The molecule has 1 aromatic carbocycles. The number of nitrogen functional groups attached to an aromatic ring is 1. The van der Waals surface area contributed by atoms with E-state index in [1.807, 2.05) is 30.0 Å². The van der Waals surface area contributed by atoms with E-state index in [1.165, 1.54) is 25.7 Å². The fourth-order valence-electron chi connectivity index (χ4n) is 2.50. The van der Waals surface area contributed by atoms with Gasteiger partial charge >= 0.3 is 0 Å².